The molecule has 1 atom stereocenters. The maximum atomic E-state index is 9.06. The normalized spacial score (nSPS) is 15.7. The highest BCUT2D eigenvalue weighted by Gasteiger charge is 2.29. The fourth-order valence-electron chi connectivity index (χ4n) is 2.47. The molecule has 0 saturated heterocycles. The highest BCUT2D eigenvalue weighted by atomic mass is 16.5. The number of rotatable bonds is 3. The van der Waals surface area contributed by atoms with Crippen LogP contribution in [0, 0.1) is 18.3 Å². The summed E-state index contributed by atoms with van der Waals surface area (Å²) in [5.41, 5.74) is 14.0. The molecule has 2 heterocycles. The second-order valence-electron chi connectivity index (χ2n) is 5.20. The van der Waals surface area contributed by atoms with Crippen molar-refractivity contribution in [3.63, 3.8) is 0 Å². The molecule has 6 nitrogen and oxygen atoms in total. The first-order chi connectivity index (χ1) is 10.6. The Balaban J connectivity index is 1.74. The lowest BCUT2D eigenvalue weighted by Gasteiger charge is -2.13. The highest BCUT2D eigenvalue weighted by molar-refractivity contribution is 5.71. The number of para-hydroxylation sites is 1. The van der Waals surface area contributed by atoms with Crippen molar-refractivity contribution in [3.05, 3.63) is 41.0 Å². The Morgan fingerprint density at radius 2 is 2.18 bits per heavy atom. The number of ether oxygens (including phenoxy) is 2. The van der Waals surface area contributed by atoms with Crippen LogP contribution < -0.4 is 20.9 Å². The molecule has 0 spiro atoms. The van der Waals surface area contributed by atoms with Gasteiger partial charge in [-0.1, -0.05) is 18.2 Å². The third kappa shape index (κ3) is 2.37. The third-order valence-corrected chi connectivity index (χ3v) is 3.67. The summed E-state index contributed by atoms with van der Waals surface area (Å²) in [5.74, 6) is 1.31. The lowest BCUT2D eigenvalue weighted by atomic mass is 10.1. The predicted molar refractivity (Wildman–Crippen MR) is 82.6 cm³/mol. The Kier molecular flexibility index (Phi) is 3.47. The number of fused-ring (bicyclic) bond motifs is 1. The number of pyridine rings is 1. The second-order valence-corrected chi connectivity index (χ2v) is 5.20. The summed E-state index contributed by atoms with van der Waals surface area (Å²) in [6.07, 6.45) is 0.354. The van der Waals surface area contributed by atoms with Gasteiger partial charge in [0, 0.05) is 12.0 Å². The van der Waals surface area contributed by atoms with Gasteiger partial charge in [-0.2, -0.15) is 10.2 Å². The zero-order valence-electron chi connectivity index (χ0n) is 12.2. The zero-order chi connectivity index (χ0) is 15.7. The molecule has 22 heavy (non-hydrogen) atoms. The molecular formula is C16H16N4O2. The van der Waals surface area contributed by atoms with E-state index in [1.807, 2.05) is 37.3 Å². The molecule has 112 valence electrons. The number of aromatic nitrogens is 1. The van der Waals surface area contributed by atoms with Crippen LogP contribution in [0.15, 0.2) is 24.3 Å². The number of nitrogens with zero attached hydrogens (tertiary/aromatic N) is 2. The molecule has 0 radical (unpaired) electrons. The molecule has 0 saturated carbocycles. The topological polar surface area (TPSA) is 107 Å². The van der Waals surface area contributed by atoms with Crippen LogP contribution in [0.3, 0.4) is 0 Å². The van der Waals surface area contributed by atoms with Crippen LogP contribution in [-0.2, 0) is 6.42 Å². The van der Waals surface area contributed by atoms with Gasteiger partial charge < -0.3 is 20.9 Å². The first-order valence-corrected chi connectivity index (χ1v) is 6.93. The minimum absolute atomic E-state index is 0.0965. The molecule has 6 heteroatoms. The van der Waals surface area contributed by atoms with E-state index in [0.717, 1.165) is 16.9 Å². The molecule has 3 rings (SSSR count). The predicted octanol–water partition coefficient (Wildman–Crippen LogP) is 1.81. The molecular weight excluding hydrogens is 280 g/mol. The molecule has 0 aliphatic carbocycles. The van der Waals surface area contributed by atoms with Crippen molar-refractivity contribution in [2.24, 2.45) is 0 Å². The van der Waals surface area contributed by atoms with E-state index in [1.54, 1.807) is 0 Å². The van der Waals surface area contributed by atoms with E-state index in [0.29, 0.717) is 24.6 Å². The van der Waals surface area contributed by atoms with Crippen molar-refractivity contribution in [3.8, 4) is 17.7 Å². The van der Waals surface area contributed by atoms with Crippen LogP contribution in [0.1, 0.15) is 16.7 Å². The zero-order valence-corrected chi connectivity index (χ0v) is 12.2. The Hall–Kier alpha value is -2.94. The highest BCUT2D eigenvalue weighted by Crippen LogP contribution is 2.35. The van der Waals surface area contributed by atoms with Gasteiger partial charge in [-0.25, -0.2) is 0 Å². The molecule has 0 unspecified atom stereocenters. The van der Waals surface area contributed by atoms with E-state index in [4.69, 9.17) is 26.2 Å². The quantitative estimate of drug-likeness (QED) is 0.894. The van der Waals surface area contributed by atoms with Crippen LogP contribution in [0.2, 0.25) is 0 Å². The fourth-order valence-corrected chi connectivity index (χ4v) is 2.47. The Morgan fingerprint density at radius 3 is 2.91 bits per heavy atom. The number of anilines is 2. The maximum absolute atomic E-state index is 9.06. The number of aryl methyl sites for hydroxylation is 1. The molecule has 2 aromatic rings. The summed E-state index contributed by atoms with van der Waals surface area (Å²) < 4.78 is 11.5. The average Bonchev–Trinajstić information content (AvgIpc) is 2.90. The maximum Gasteiger partial charge on any atom is 0.221 e. The van der Waals surface area contributed by atoms with Gasteiger partial charge in [0.05, 0.1) is 5.69 Å². The van der Waals surface area contributed by atoms with E-state index >= 15 is 0 Å². The lowest BCUT2D eigenvalue weighted by Crippen LogP contribution is -2.22. The van der Waals surface area contributed by atoms with E-state index < -0.39 is 0 Å². The van der Waals surface area contributed by atoms with Gasteiger partial charge in [-0.15, -0.1) is 0 Å². The Labute approximate surface area is 128 Å². The van der Waals surface area contributed by atoms with Crippen molar-refractivity contribution in [1.82, 2.24) is 4.98 Å². The van der Waals surface area contributed by atoms with Gasteiger partial charge >= 0.3 is 0 Å². The van der Waals surface area contributed by atoms with E-state index in [-0.39, 0.29) is 17.5 Å². The van der Waals surface area contributed by atoms with Gasteiger partial charge in [-0.3, -0.25) is 0 Å². The molecule has 4 N–H and O–H groups in total. The van der Waals surface area contributed by atoms with Crippen molar-refractivity contribution < 1.29 is 9.47 Å². The van der Waals surface area contributed by atoms with Gasteiger partial charge in [-0.05, 0) is 18.6 Å². The van der Waals surface area contributed by atoms with Gasteiger partial charge in [0.15, 0.2) is 0 Å². The molecule has 1 aliphatic rings. The molecule has 0 bridgehead atoms. The van der Waals surface area contributed by atoms with Crippen molar-refractivity contribution >= 4 is 11.5 Å². The number of nitriles is 1. The molecule has 0 fully saturated rings. The average molecular weight is 296 g/mol. The number of benzene rings is 1. The fraction of sp³-hybridized carbons (Fsp3) is 0.250. The first-order valence-electron chi connectivity index (χ1n) is 6.93. The van der Waals surface area contributed by atoms with Crippen LogP contribution >= 0.6 is 0 Å². The standard InChI is InChI=1S/C16H16N4O2/c1-9-4-2-3-5-13(9)21-8-10-6-11-14(18)12(7-17)15(19)20-16(11)22-10/h2-5,10H,6,8H2,1H3,(H4,18,19,20)/t10-/m1/s1. The van der Waals surface area contributed by atoms with Crippen LogP contribution in [0.25, 0.3) is 0 Å². The Bertz CT molecular complexity index is 767. The first kappa shape index (κ1) is 14.0. The molecule has 1 aliphatic heterocycles. The third-order valence-electron chi connectivity index (χ3n) is 3.67. The summed E-state index contributed by atoms with van der Waals surface area (Å²) in [6, 6.07) is 9.75. The summed E-state index contributed by atoms with van der Waals surface area (Å²) in [4.78, 5) is 4.11. The molecule has 1 aromatic carbocycles. The second kappa shape index (κ2) is 5.45. The van der Waals surface area contributed by atoms with Gasteiger partial charge in [0.1, 0.15) is 35.9 Å². The van der Waals surface area contributed by atoms with Crippen LogP contribution in [-0.4, -0.2) is 17.7 Å². The number of nitrogens with two attached hydrogens (primary N) is 2. The van der Waals surface area contributed by atoms with Crippen molar-refractivity contribution in [2.75, 3.05) is 18.1 Å². The van der Waals surface area contributed by atoms with Crippen LogP contribution in [0.4, 0.5) is 11.5 Å². The number of hydrogen-bond donors (Lipinski definition) is 2. The number of nitrogen functional groups attached to an aromatic ring is 2. The summed E-state index contributed by atoms with van der Waals surface area (Å²) in [6.45, 7) is 2.36. The number of hydrogen-bond acceptors (Lipinski definition) is 6. The van der Waals surface area contributed by atoms with Crippen LogP contribution in [0.5, 0.6) is 11.6 Å². The van der Waals surface area contributed by atoms with E-state index in [1.165, 1.54) is 0 Å². The smallest absolute Gasteiger partial charge is 0.221 e. The van der Waals surface area contributed by atoms with Crippen molar-refractivity contribution in [2.45, 2.75) is 19.4 Å². The molecule has 0 amide bonds. The van der Waals surface area contributed by atoms with E-state index in [2.05, 4.69) is 4.98 Å². The minimum atomic E-state index is -0.197. The summed E-state index contributed by atoms with van der Waals surface area (Å²) in [5, 5.41) is 9.06. The lowest BCUT2D eigenvalue weighted by molar-refractivity contribution is 0.144. The van der Waals surface area contributed by atoms with Crippen molar-refractivity contribution in [1.29, 1.82) is 5.26 Å². The van der Waals surface area contributed by atoms with Gasteiger partial charge in [0.25, 0.3) is 0 Å². The largest absolute Gasteiger partial charge is 0.489 e. The molecule has 1 aromatic heterocycles. The SMILES string of the molecule is Cc1ccccc1OC[C@H]1Cc2c(nc(N)c(C#N)c2N)O1. The minimum Gasteiger partial charge on any atom is -0.489 e. The Morgan fingerprint density at radius 1 is 1.41 bits per heavy atom. The monoisotopic (exact) mass is 296 g/mol. The summed E-state index contributed by atoms with van der Waals surface area (Å²) in [7, 11) is 0. The van der Waals surface area contributed by atoms with E-state index in [9.17, 15) is 0 Å². The van der Waals surface area contributed by atoms with Gasteiger partial charge in [0.2, 0.25) is 5.88 Å². The summed E-state index contributed by atoms with van der Waals surface area (Å²) >= 11 is 0.